The van der Waals surface area contributed by atoms with Gasteiger partial charge in [-0.25, -0.2) is 9.59 Å². The zero-order valence-corrected chi connectivity index (χ0v) is 11.1. The van der Waals surface area contributed by atoms with E-state index < -0.39 is 18.1 Å². The van der Waals surface area contributed by atoms with Gasteiger partial charge in [0.2, 0.25) is 0 Å². The molecule has 5 nitrogen and oxygen atoms in total. The van der Waals surface area contributed by atoms with E-state index in [0.29, 0.717) is 12.5 Å². The molecule has 106 valence electrons. The number of hydrogen-bond donors (Lipinski definition) is 1. The molecule has 1 aliphatic heterocycles. The molecule has 1 saturated carbocycles. The van der Waals surface area contributed by atoms with E-state index in [-0.39, 0.29) is 12.5 Å². The van der Waals surface area contributed by atoms with E-state index in [0.717, 1.165) is 18.4 Å². The summed E-state index contributed by atoms with van der Waals surface area (Å²) in [5.74, 6) is -0.481. The summed E-state index contributed by atoms with van der Waals surface area (Å²) in [6, 6.07) is 8.67. The number of ether oxygens (including phenoxy) is 1. The lowest BCUT2D eigenvalue weighted by molar-refractivity contribution is -0.143. The van der Waals surface area contributed by atoms with Crippen molar-refractivity contribution in [2.45, 2.75) is 25.5 Å². The normalized spacial score (nSPS) is 27.6. The first kappa shape index (κ1) is 13.0. The number of carbonyl (C=O) groups excluding carboxylic acids is 1. The first-order valence-electron chi connectivity index (χ1n) is 6.87. The van der Waals surface area contributed by atoms with Crippen molar-refractivity contribution in [2.24, 2.45) is 11.8 Å². The fourth-order valence-electron chi connectivity index (χ4n) is 3.14. The minimum absolute atomic E-state index is 0.108. The third kappa shape index (κ3) is 2.24. The first-order chi connectivity index (χ1) is 9.66. The maximum Gasteiger partial charge on any atom is 0.410 e. The molecule has 2 fully saturated rings. The second-order valence-corrected chi connectivity index (χ2v) is 5.48. The van der Waals surface area contributed by atoms with Crippen LogP contribution >= 0.6 is 0 Å². The fourth-order valence-corrected chi connectivity index (χ4v) is 3.14. The van der Waals surface area contributed by atoms with Crippen LogP contribution in [-0.2, 0) is 16.1 Å². The Labute approximate surface area is 117 Å². The standard InChI is InChI=1S/C15H17NO4/c17-14(18)13-12-7-6-11(12)8-16(13)15(19)20-9-10-4-2-1-3-5-10/h1-5,11-13H,6-9H2,(H,17,18)/t11-,12-,13+/m1/s1. The summed E-state index contributed by atoms with van der Waals surface area (Å²) in [6.07, 6.45) is 1.39. The van der Waals surface area contributed by atoms with E-state index in [1.807, 2.05) is 30.3 Å². The highest BCUT2D eigenvalue weighted by atomic mass is 16.6. The molecule has 5 heteroatoms. The van der Waals surface area contributed by atoms with Crippen LogP contribution in [0.4, 0.5) is 4.79 Å². The van der Waals surface area contributed by atoms with Gasteiger partial charge in [0.15, 0.2) is 0 Å². The van der Waals surface area contributed by atoms with Gasteiger partial charge in [0.1, 0.15) is 12.6 Å². The van der Waals surface area contributed by atoms with Crippen molar-refractivity contribution in [3.63, 3.8) is 0 Å². The van der Waals surface area contributed by atoms with Crippen LogP contribution in [0.3, 0.4) is 0 Å². The average Bonchev–Trinajstić information content (AvgIpc) is 2.69. The van der Waals surface area contributed by atoms with E-state index >= 15 is 0 Å². The first-order valence-corrected chi connectivity index (χ1v) is 6.87. The molecule has 0 radical (unpaired) electrons. The molecule has 1 aromatic rings. The van der Waals surface area contributed by atoms with Crippen molar-refractivity contribution in [3.8, 4) is 0 Å². The highest BCUT2D eigenvalue weighted by Crippen LogP contribution is 2.45. The van der Waals surface area contributed by atoms with Crippen LogP contribution in [0.15, 0.2) is 30.3 Å². The van der Waals surface area contributed by atoms with E-state index in [1.54, 1.807) is 0 Å². The van der Waals surface area contributed by atoms with Gasteiger partial charge >= 0.3 is 12.1 Å². The summed E-state index contributed by atoms with van der Waals surface area (Å²) in [7, 11) is 0. The Hall–Kier alpha value is -2.04. The predicted molar refractivity (Wildman–Crippen MR) is 71.0 cm³/mol. The van der Waals surface area contributed by atoms with E-state index in [1.165, 1.54) is 4.90 Å². The molecule has 20 heavy (non-hydrogen) atoms. The number of fused-ring (bicyclic) bond motifs is 1. The summed E-state index contributed by atoms with van der Waals surface area (Å²) in [4.78, 5) is 24.8. The van der Waals surface area contributed by atoms with Crippen LogP contribution in [0, 0.1) is 11.8 Å². The van der Waals surface area contributed by atoms with Crippen LogP contribution in [0.2, 0.25) is 0 Å². The van der Waals surface area contributed by atoms with Crippen molar-refractivity contribution in [2.75, 3.05) is 6.54 Å². The smallest absolute Gasteiger partial charge is 0.410 e. The molecule has 1 N–H and O–H groups in total. The van der Waals surface area contributed by atoms with Gasteiger partial charge in [-0.2, -0.15) is 0 Å². The topological polar surface area (TPSA) is 66.8 Å². The largest absolute Gasteiger partial charge is 0.480 e. The Kier molecular flexibility index (Phi) is 3.34. The number of likely N-dealkylation sites (tertiary alicyclic amines) is 1. The lowest BCUT2D eigenvalue weighted by Gasteiger charge is -2.31. The number of benzene rings is 1. The Balaban J connectivity index is 1.63. The van der Waals surface area contributed by atoms with Crippen molar-refractivity contribution in [1.82, 2.24) is 4.90 Å². The minimum Gasteiger partial charge on any atom is -0.480 e. The van der Waals surface area contributed by atoms with Gasteiger partial charge < -0.3 is 9.84 Å². The summed E-state index contributed by atoms with van der Waals surface area (Å²) in [6.45, 7) is 0.688. The maximum atomic E-state index is 12.1. The number of aliphatic carboxylic acids is 1. The second kappa shape index (κ2) is 5.15. The number of hydrogen-bond acceptors (Lipinski definition) is 3. The van der Waals surface area contributed by atoms with Crippen LogP contribution < -0.4 is 0 Å². The Morgan fingerprint density at radius 2 is 2.00 bits per heavy atom. The lowest BCUT2D eigenvalue weighted by Crippen LogP contribution is -2.44. The van der Waals surface area contributed by atoms with Crippen molar-refractivity contribution in [3.05, 3.63) is 35.9 Å². The van der Waals surface area contributed by atoms with Crippen LogP contribution in [0.5, 0.6) is 0 Å². The SMILES string of the molecule is O=C(O)[C@@H]1[C@@H]2CC[C@@H]2CN1C(=O)OCc1ccccc1. The molecule has 3 rings (SSSR count). The van der Waals surface area contributed by atoms with Gasteiger partial charge in [0.25, 0.3) is 0 Å². The number of carbonyl (C=O) groups is 2. The van der Waals surface area contributed by atoms with Crippen molar-refractivity contribution < 1.29 is 19.4 Å². The van der Waals surface area contributed by atoms with Crippen LogP contribution in [0.25, 0.3) is 0 Å². The summed E-state index contributed by atoms with van der Waals surface area (Å²) in [5, 5.41) is 9.29. The van der Waals surface area contributed by atoms with Gasteiger partial charge in [-0.3, -0.25) is 4.90 Å². The number of rotatable bonds is 3. The molecule has 2 aliphatic rings. The molecule has 0 aromatic heterocycles. The van der Waals surface area contributed by atoms with E-state index in [2.05, 4.69) is 0 Å². The van der Waals surface area contributed by atoms with Gasteiger partial charge in [-0.15, -0.1) is 0 Å². The molecular weight excluding hydrogens is 258 g/mol. The molecule has 1 aliphatic carbocycles. The molecule has 1 aromatic carbocycles. The monoisotopic (exact) mass is 275 g/mol. The molecule has 1 saturated heterocycles. The summed E-state index contributed by atoms with van der Waals surface area (Å²) in [5.41, 5.74) is 0.898. The number of carboxylic acid groups (broad SMARTS) is 1. The molecule has 0 spiro atoms. The lowest BCUT2D eigenvalue weighted by atomic mass is 9.73. The third-order valence-electron chi connectivity index (χ3n) is 4.34. The van der Waals surface area contributed by atoms with Crippen LogP contribution in [0.1, 0.15) is 18.4 Å². The van der Waals surface area contributed by atoms with Crippen molar-refractivity contribution >= 4 is 12.1 Å². The van der Waals surface area contributed by atoms with Gasteiger partial charge in [-0.05, 0) is 30.2 Å². The molecule has 1 heterocycles. The third-order valence-corrected chi connectivity index (χ3v) is 4.34. The van der Waals surface area contributed by atoms with E-state index in [4.69, 9.17) is 4.74 Å². The molecular formula is C15H17NO4. The van der Waals surface area contributed by atoms with Gasteiger partial charge in [0.05, 0.1) is 0 Å². The molecule has 0 unspecified atom stereocenters. The zero-order chi connectivity index (χ0) is 14.1. The zero-order valence-electron chi connectivity index (χ0n) is 11.1. The van der Waals surface area contributed by atoms with Gasteiger partial charge in [0, 0.05) is 6.54 Å². The maximum absolute atomic E-state index is 12.1. The number of carboxylic acids is 1. The van der Waals surface area contributed by atoms with Crippen LogP contribution in [-0.4, -0.2) is 34.7 Å². The quantitative estimate of drug-likeness (QED) is 0.917. The second-order valence-electron chi connectivity index (χ2n) is 5.48. The molecule has 3 atom stereocenters. The number of amides is 1. The average molecular weight is 275 g/mol. The Morgan fingerprint density at radius 3 is 2.60 bits per heavy atom. The minimum atomic E-state index is -0.922. The van der Waals surface area contributed by atoms with Crippen molar-refractivity contribution in [1.29, 1.82) is 0 Å². The Bertz CT molecular complexity index is 516. The van der Waals surface area contributed by atoms with E-state index in [9.17, 15) is 14.7 Å². The predicted octanol–water partition coefficient (Wildman–Crippen LogP) is 2.12. The highest BCUT2D eigenvalue weighted by Gasteiger charge is 2.52. The van der Waals surface area contributed by atoms with Gasteiger partial charge in [-0.1, -0.05) is 30.3 Å². The molecule has 1 amide bonds. The summed E-state index contributed by atoms with van der Waals surface area (Å²) < 4.78 is 5.24. The highest BCUT2D eigenvalue weighted by molar-refractivity contribution is 5.81. The Morgan fingerprint density at radius 1 is 1.25 bits per heavy atom. The molecule has 0 bridgehead atoms. The number of nitrogens with zero attached hydrogens (tertiary/aromatic N) is 1. The fraction of sp³-hybridized carbons (Fsp3) is 0.467. The summed E-state index contributed by atoms with van der Waals surface area (Å²) >= 11 is 0.